The fraction of sp³-hybridized carbons (Fsp3) is 0.625. The number of aryl methyl sites for hydroxylation is 1. The van der Waals surface area contributed by atoms with Gasteiger partial charge in [-0.2, -0.15) is 13.2 Å². The van der Waals surface area contributed by atoms with Gasteiger partial charge in [-0.3, -0.25) is 0 Å². The Bertz CT molecular complexity index is 449. The second-order valence-electron chi connectivity index (χ2n) is 6.62. The van der Waals surface area contributed by atoms with Crippen LogP contribution in [0, 0.1) is 5.82 Å². The van der Waals surface area contributed by atoms with E-state index in [1.165, 1.54) is 0 Å². The van der Waals surface area contributed by atoms with Crippen molar-refractivity contribution in [2.45, 2.75) is 64.6 Å². The number of nitrogens with two attached hydrogens (primary N) is 1. The Morgan fingerprint density at radius 2 is 1.62 bits per heavy atom. The van der Waals surface area contributed by atoms with E-state index >= 15 is 0 Å². The van der Waals surface area contributed by atoms with Crippen molar-refractivity contribution in [2.24, 2.45) is 5.73 Å². The molecule has 0 bridgehead atoms. The molecular formula is C16H23F4N. The van der Waals surface area contributed by atoms with Crippen molar-refractivity contribution < 1.29 is 17.6 Å². The first-order valence-corrected chi connectivity index (χ1v) is 7.08. The van der Waals surface area contributed by atoms with Gasteiger partial charge in [-0.15, -0.1) is 0 Å². The largest absolute Gasteiger partial charge is 0.419 e. The van der Waals surface area contributed by atoms with Crippen LogP contribution in [-0.4, -0.2) is 6.04 Å². The second-order valence-corrected chi connectivity index (χ2v) is 6.62. The quantitative estimate of drug-likeness (QED) is 0.794. The SMILES string of the molecule is C[C@H](N)CCCc1cc(C(C)(C)C)c(F)c(C(F)(F)F)c1. The zero-order valence-electron chi connectivity index (χ0n) is 12.9. The lowest BCUT2D eigenvalue weighted by atomic mass is 9.83. The van der Waals surface area contributed by atoms with Crippen molar-refractivity contribution in [3.63, 3.8) is 0 Å². The Hall–Kier alpha value is -1.10. The van der Waals surface area contributed by atoms with Gasteiger partial charge in [0, 0.05) is 6.04 Å². The Labute approximate surface area is 123 Å². The van der Waals surface area contributed by atoms with Gasteiger partial charge in [-0.05, 0) is 48.8 Å². The van der Waals surface area contributed by atoms with Crippen molar-refractivity contribution in [3.8, 4) is 0 Å². The van der Waals surface area contributed by atoms with Crippen LogP contribution in [0.4, 0.5) is 17.6 Å². The standard InChI is InChI=1S/C16H23F4N/c1-10(21)6-5-7-11-8-12(15(2,3)4)14(17)13(9-11)16(18,19)20/h8-10H,5-7,21H2,1-4H3/t10-/m0/s1. The molecule has 0 aliphatic carbocycles. The molecule has 0 heterocycles. The van der Waals surface area contributed by atoms with E-state index in [-0.39, 0.29) is 11.6 Å². The monoisotopic (exact) mass is 305 g/mol. The molecule has 0 aliphatic heterocycles. The van der Waals surface area contributed by atoms with Crippen molar-refractivity contribution >= 4 is 0 Å². The van der Waals surface area contributed by atoms with E-state index in [4.69, 9.17) is 5.73 Å². The number of rotatable bonds is 4. The molecule has 120 valence electrons. The third-order valence-corrected chi connectivity index (χ3v) is 3.37. The summed E-state index contributed by atoms with van der Waals surface area (Å²) in [6, 6.07) is 2.48. The van der Waals surface area contributed by atoms with Gasteiger partial charge in [-0.25, -0.2) is 4.39 Å². The van der Waals surface area contributed by atoms with E-state index in [0.29, 0.717) is 18.4 Å². The predicted octanol–water partition coefficient (Wildman–Crippen LogP) is 4.81. The molecule has 0 aromatic heterocycles. The van der Waals surface area contributed by atoms with E-state index in [9.17, 15) is 17.6 Å². The highest BCUT2D eigenvalue weighted by Gasteiger charge is 2.37. The molecule has 5 heteroatoms. The molecule has 1 aromatic rings. The lowest BCUT2D eigenvalue weighted by Gasteiger charge is -2.23. The van der Waals surface area contributed by atoms with Crippen LogP contribution in [0.25, 0.3) is 0 Å². The molecular weight excluding hydrogens is 282 g/mol. The third-order valence-electron chi connectivity index (χ3n) is 3.37. The van der Waals surface area contributed by atoms with Gasteiger partial charge in [0.05, 0.1) is 5.56 Å². The maximum absolute atomic E-state index is 14.2. The van der Waals surface area contributed by atoms with Gasteiger partial charge in [0.1, 0.15) is 5.82 Å². The van der Waals surface area contributed by atoms with Crippen LogP contribution < -0.4 is 5.73 Å². The molecule has 1 atom stereocenters. The van der Waals surface area contributed by atoms with Gasteiger partial charge < -0.3 is 5.73 Å². The first-order chi connectivity index (χ1) is 9.43. The third kappa shape index (κ3) is 4.99. The average molecular weight is 305 g/mol. The van der Waals surface area contributed by atoms with Gasteiger partial charge in [0.15, 0.2) is 0 Å². The first-order valence-electron chi connectivity index (χ1n) is 7.08. The lowest BCUT2D eigenvalue weighted by molar-refractivity contribution is -0.140. The van der Waals surface area contributed by atoms with E-state index in [2.05, 4.69) is 0 Å². The van der Waals surface area contributed by atoms with Crippen LogP contribution in [0.1, 0.15) is 57.2 Å². The summed E-state index contributed by atoms with van der Waals surface area (Å²) >= 11 is 0. The highest BCUT2D eigenvalue weighted by Crippen LogP contribution is 2.37. The topological polar surface area (TPSA) is 26.0 Å². The highest BCUT2D eigenvalue weighted by atomic mass is 19.4. The fourth-order valence-corrected chi connectivity index (χ4v) is 2.21. The molecule has 1 aromatic carbocycles. The lowest BCUT2D eigenvalue weighted by Crippen LogP contribution is -2.19. The molecule has 0 aliphatic rings. The highest BCUT2D eigenvalue weighted by molar-refractivity contribution is 5.37. The average Bonchev–Trinajstić information content (AvgIpc) is 2.27. The van der Waals surface area contributed by atoms with Gasteiger partial charge in [-0.1, -0.05) is 26.8 Å². The summed E-state index contributed by atoms with van der Waals surface area (Å²) in [4.78, 5) is 0. The number of hydrogen-bond donors (Lipinski definition) is 1. The maximum atomic E-state index is 14.2. The molecule has 0 saturated carbocycles. The maximum Gasteiger partial charge on any atom is 0.419 e. The summed E-state index contributed by atoms with van der Waals surface area (Å²) in [7, 11) is 0. The molecule has 2 N–H and O–H groups in total. The van der Waals surface area contributed by atoms with Crippen molar-refractivity contribution in [1.29, 1.82) is 0 Å². The summed E-state index contributed by atoms with van der Waals surface area (Å²) in [5.41, 5.74) is 4.40. The van der Waals surface area contributed by atoms with Crippen LogP contribution in [0.3, 0.4) is 0 Å². The van der Waals surface area contributed by atoms with E-state index in [1.807, 2.05) is 6.92 Å². The van der Waals surface area contributed by atoms with Gasteiger partial charge in [0.25, 0.3) is 0 Å². The van der Waals surface area contributed by atoms with Gasteiger partial charge >= 0.3 is 6.18 Å². The second kappa shape index (κ2) is 6.34. The Morgan fingerprint density at radius 1 is 1.10 bits per heavy atom. The predicted molar refractivity (Wildman–Crippen MR) is 76.7 cm³/mol. The number of hydrogen-bond acceptors (Lipinski definition) is 1. The fourth-order valence-electron chi connectivity index (χ4n) is 2.21. The molecule has 1 nitrogen and oxygen atoms in total. The van der Waals surface area contributed by atoms with Crippen molar-refractivity contribution in [2.75, 3.05) is 0 Å². The Morgan fingerprint density at radius 3 is 2.05 bits per heavy atom. The van der Waals surface area contributed by atoms with E-state index < -0.39 is 23.0 Å². The smallest absolute Gasteiger partial charge is 0.328 e. The van der Waals surface area contributed by atoms with Crippen molar-refractivity contribution in [1.82, 2.24) is 0 Å². The normalized spacial score (nSPS) is 14.3. The molecule has 0 spiro atoms. The van der Waals surface area contributed by atoms with Gasteiger partial charge in [0.2, 0.25) is 0 Å². The molecule has 0 unspecified atom stereocenters. The zero-order chi connectivity index (χ0) is 16.4. The number of halogens is 4. The molecule has 0 amide bonds. The molecule has 21 heavy (non-hydrogen) atoms. The van der Waals surface area contributed by atoms with Crippen LogP contribution in [0.5, 0.6) is 0 Å². The summed E-state index contributed by atoms with van der Waals surface area (Å²) < 4.78 is 53.1. The van der Waals surface area contributed by atoms with E-state index in [1.54, 1.807) is 26.8 Å². The molecule has 0 radical (unpaired) electrons. The summed E-state index contributed by atoms with van der Waals surface area (Å²) in [6.45, 7) is 6.97. The summed E-state index contributed by atoms with van der Waals surface area (Å²) in [5.74, 6) is -1.16. The Balaban J connectivity index is 3.21. The summed E-state index contributed by atoms with van der Waals surface area (Å²) in [6.07, 6.45) is -2.80. The van der Waals surface area contributed by atoms with Crippen LogP contribution in [-0.2, 0) is 18.0 Å². The molecule has 0 fully saturated rings. The van der Waals surface area contributed by atoms with Crippen LogP contribution in [0.2, 0.25) is 0 Å². The Kier molecular flexibility index (Phi) is 5.42. The van der Waals surface area contributed by atoms with E-state index in [0.717, 1.165) is 12.5 Å². The van der Waals surface area contributed by atoms with Crippen molar-refractivity contribution in [3.05, 3.63) is 34.6 Å². The van der Waals surface area contributed by atoms with Crippen LogP contribution >= 0.6 is 0 Å². The first kappa shape index (κ1) is 18.0. The number of benzene rings is 1. The minimum absolute atomic E-state index is 0.00891. The van der Waals surface area contributed by atoms with Crippen LogP contribution in [0.15, 0.2) is 12.1 Å². The number of alkyl halides is 3. The zero-order valence-corrected chi connectivity index (χ0v) is 12.9. The minimum atomic E-state index is -4.68. The minimum Gasteiger partial charge on any atom is -0.328 e. The molecule has 1 rings (SSSR count). The summed E-state index contributed by atoms with van der Waals surface area (Å²) in [5, 5.41) is 0. The molecule has 0 saturated heterocycles.